The third kappa shape index (κ3) is 3.07. The first-order valence-electron chi connectivity index (χ1n) is 7.34. The first-order valence-corrected chi connectivity index (χ1v) is 7.34. The van der Waals surface area contributed by atoms with Crippen LogP contribution in [0, 0.1) is 6.92 Å². The van der Waals surface area contributed by atoms with Crippen molar-refractivity contribution in [3.63, 3.8) is 0 Å². The summed E-state index contributed by atoms with van der Waals surface area (Å²) in [6, 6.07) is 2.85. The quantitative estimate of drug-likeness (QED) is 0.878. The first kappa shape index (κ1) is 14.3. The predicted molar refractivity (Wildman–Crippen MR) is 80.4 cm³/mol. The highest BCUT2D eigenvalue weighted by molar-refractivity contribution is 5.54. The van der Waals surface area contributed by atoms with Crippen LogP contribution in [-0.4, -0.2) is 42.1 Å². The summed E-state index contributed by atoms with van der Waals surface area (Å²) in [7, 11) is 0. The molecule has 0 aliphatic carbocycles. The van der Waals surface area contributed by atoms with Crippen molar-refractivity contribution < 1.29 is 0 Å². The van der Waals surface area contributed by atoms with Crippen LogP contribution in [0.4, 0.5) is 5.69 Å². The van der Waals surface area contributed by atoms with Gasteiger partial charge in [-0.15, -0.1) is 0 Å². The third-order valence-electron chi connectivity index (χ3n) is 4.15. The van der Waals surface area contributed by atoms with E-state index in [4.69, 9.17) is 5.73 Å². The van der Waals surface area contributed by atoms with Crippen LogP contribution in [0.25, 0.3) is 0 Å². The zero-order valence-corrected chi connectivity index (χ0v) is 12.4. The molecule has 1 atom stereocenters. The van der Waals surface area contributed by atoms with Gasteiger partial charge in [0, 0.05) is 48.8 Å². The first-order chi connectivity index (χ1) is 9.19. The van der Waals surface area contributed by atoms with E-state index in [0.717, 1.165) is 37.4 Å². The normalized spacial score (nSPS) is 19.4. The van der Waals surface area contributed by atoms with E-state index in [1.54, 1.807) is 0 Å². The summed E-state index contributed by atoms with van der Waals surface area (Å²) in [5.41, 5.74) is 9.35. The Kier molecular flexibility index (Phi) is 4.77. The number of anilines is 1. The van der Waals surface area contributed by atoms with E-state index < -0.39 is 0 Å². The van der Waals surface area contributed by atoms with E-state index in [0.29, 0.717) is 12.6 Å². The number of nitrogens with two attached hydrogens (primary N) is 1. The number of pyridine rings is 1. The van der Waals surface area contributed by atoms with E-state index in [-0.39, 0.29) is 0 Å². The Bertz CT molecular complexity index is 415. The Morgan fingerprint density at radius 2 is 2.16 bits per heavy atom. The standard InChI is InChI=1S/C15H26N4/c1-4-18(5-2)14-6-7-19(11-14)15-8-12(3)17-10-13(15)9-16/h8,10,14H,4-7,9,11,16H2,1-3H3. The van der Waals surface area contributed by atoms with Crippen molar-refractivity contribution in [1.82, 2.24) is 9.88 Å². The van der Waals surface area contributed by atoms with Gasteiger partial charge in [-0.2, -0.15) is 0 Å². The number of likely N-dealkylation sites (N-methyl/N-ethyl adjacent to an activating group) is 1. The molecule has 2 rings (SSSR count). The molecule has 0 spiro atoms. The molecule has 106 valence electrons. The van der Waals surface area contributed by atoms with Crippen LogP contribution in [0.3, 0.4) is 0 Å². The lowest BCUT2D eigenvalue weighted by molar-refractivity contribution is 0.232. The van der Waals surface area contributed by atoms with Crippen molar-refractivity contribution in [3.8, 4) is 0 Å². The summed E-state index contributed by atoms with van der Waals surface area (Å²) < 4.78 is 0. The van der Waals surface area contributed by atoms with Gasteiger partial charge in [-0.25, -0.2) is 0 Å². The van der Waals surface area contributed by atoms with Crippen LogP contribution in [0.5, 0.6) is 0 Å². The molecule has 1 aliphatic rings. The number of hydrogen-bond donors (Lipinski definition) is 1. The maximum Gasteiger partial charge on any atom is 0.0446 e. The van der Waals surface area contributed by atoms with Crippen molar-refractivity contribution in [2.24, 2.45) is 5.73 Å². The van der Waals surface area contributed by atoms with Crippen LogP contribution in [-0.2, 0) is 6.54 Å². The molecule has 0 radical (unpaired) electrons. The van der Waals surface area contributed by atoms with Gasteiger partial charge in [0.05, 0.1) is 0 Å². The smallest absolute Gasteiger partial charge is 0.0446 e. The molecular formula is C15H26N4. The summed E-state index contributed by atoms with van der Waals surface area (Å²) in [5, 5.41) is 0. The largest absolute Gasteiger partial charge is 0.370 e. The fourth-order valence-corrected chi connectivity index (χ4v) is 3.02. The maximum atomic E-state index is 5.84. The Balaban J connectivity index is 2.14. The third-order valence-corrected chi connectivity index (χ3v) is 4.15. The lowest BCUT2D eigenvalue weighted by Gasteiger charge is -2.27. The number of hydrogen-bond acceptors (Lipinski definition) is 4. The molecule has 0 bridgehead atoms. The van der Waals surface area contributed by atoms with Crippen LogP contribution in [0.15, 0.2) is 12.3 Å². The molecule has 1 unspecified atom stereocenters. The zero-order valence-electron chi connectivity index (χ0n) is 12.4. The van der Waals surface area contributed by atoms with Gasteiger partial charge in [-0.3, -0.25) is 9.88 Å². The highest BCUT2D eigenvalue weighted by atomic mass is 15.3. The second-order valence-electron chi connectivity index (χ2n) is 5.27. The average molecular weight is 262 g/mol. The fraction of sp³-hybridized carbons (Fsp3) is 0.667. The Hall–Kier alpha value is -1.13. The van der Waals surface area contributed by atoms with Crippen molar-refractivity contribution in [2.75, 3.05) is 31.1 Å². The van der Waals surface area contributed by atoms with Crippen LogP contribution >= 0.6 is 0 Å². The number of aromatic nitrogens is 1. The Morgan fingerprint density at radius 1 is 1.42 bits per heavy atom. The van der Waals surface area contributed by atoms with Crippen molar-refractivity contribution in [1.29, 1.82) is 0 Å². The molecule has 1 saturated heterocycles. The van der Waals surface area contributed by atoms with Crippen molar-refractivity contribution >= 4 is 5.69 Å². The van der Waals surface area contributed by atoms with Gasteiger partial charge in [0.2, 0.25) is 0 Å². The second kappa shape index (κ2) is 6.35. The van der Waals surface area contributed by atoms with E-state index in [9.17, 15) is 0 Å². The molecule has 4 nitrogen and oxygen atoms in total. The molecule has 0 amide bonds. The van der Waals surface area contributed by atoms with Crippen LogP contribution in [0.1, 0.15) is 31.5 Å². The summed E-state index contributed by atoms with van der Waals surface area (Å²) in [6.07, 6.45) is 3.17. The van der Waals surface area contributed by atoms with E-state index >= 15 is 0 Å². The minimum atomic E-state index is 0.565. The lowest BCUT2D eigenvalue weighted by atomic mass is 10.2. The SMILES string of the molecule is CCN(CC)C1CCN(c2cc(C)ncc2CN)C1. The van der Waals surface area contributed by atoms with E-state index in [1.165, 1.54) is 12.1 Å². The maximum absolute atomic E-state index is 5.84. The molecule has 0 aromatic carbocycles. The average Bonchev–Trinajstić information content (AvgIpc) is 2.89. The van der Waals surface area contributed by atoms with Gasteiger partial charge >= 0.3 is 0 Å². The Labute approximate surface area is 116 Å². The summed E-state index contributed by atoms with van der Waals surface area (Å²) in [5.74, 6) is 0. The minimum Gasteiger partial charge on any atom is -0.370 e. The summed E-state index contributed by atoms with van der Waals surface area (Å²) in [6.45, 7) is 11.6. The van der Waals surface area contributed by atoms with Gasteiger partial charge in [-0.05, 0) is 32.5 Å². The van der Waals surface area contributed by atoms with Crippen LogP contribution in [0.2, 0.25) is 0 Å². The van der Waals surface area contributed by atoms with E-state index in [1.807, 2.05) is 13.1 Å². The van der Waals surface area contributed by atoms with Crippen molar-refractivity contribution in [3.05, 3.63) is 23.5 Å². The fourth-order valence-electron chi connectivity index (χ4n) is 3.02. The summed E-state index contributed by atoms with van der Waals surface area (Å²) in [4.78, 5) is 9.38. The monoisotopic (exact) mass is 262 g/mol. The van der Waals surface area contributed by atoms with Gasteiger partial charge in [0.15, 0.2) is 0 Å². The zero-order chi connectivity index (χ0) is 13.8. The topological polar surface area (TPSA) is 45.4 Å². The Morgan fingerprint density at radius 3 is 2.79 bits per heavy atom. The molecule has 1 fully saturated rings. The van der Waals surface area contributed by atoms with Gasteiger partial charge < -0.3 is 10.6 Å². The lowest BCUT2D eigenvalue weighted by Crippen LogP contribution is -2.37. The highest BCUT2D eigenvalue weighted by Gasteiger charge is 2.27. The molecule has 19 heavy (non-hydrogen) atoms. The number of nitrogens with zero attached hydrogens (tertiary/aromatic N) is 3. The number of rotatable bonds is 5. The predicted octanol–water partition coefficient (Wildman–Crippen LogP) is 1.77. The van der Waals surface area contributed by atoms with E-state index in [2.05, 4.69) is 34.7 Å². The molecule has 2 heterocycles. The van der Waals surface area contributed by atoms with Gasteiger partial charge in [0.1, 0.15) is 0 Å². The van der Waals surface area contributed by atoms with Gasteiger partial charge in [-0.1, -0.05) is 13.8 Å². The summed E-state index contributed by atoms with van der Waals surface area (Å²) >= 11 is 0. The van der Waals surface area contributed by atoms with Gasteiger partial charge in [0.25, 0.3) is 0 Å². The molecule has 2 N–H and O–H groups in total. The molecule has 1 aromatic rings. The molecular weight excluding hydrogens is 236 g/mol. The number of aryl methyl sites for hydroxylation is 1. The van der Waals surface area contributed by atoms with Crippen molar-refractivity contribution in [2.45, 2.75) is 39.8 Å². The van der Waals surface area contributed by atoms with Crippen LogP contribution < -0.4 is 10.6 Å². The molecule has 1 aromatic heterocycles. The molecule has 1 aliphatic heterocycles. The highest BCUT2D eigenvalue weighted by Crippen LogP contribution is 2.26. The second-order valence-corrected chi connectivity index (χ2v) is 5.27. The molecule has 4 heteroatoms. The molecule has 0 saturated carbocycles. The minimum absolute atomic E-state index is 0.565.